The van der Waals surface area contributed by atoms with Crippen molar-refractivity contribution in [2.24, 2.45) is 0 Å². The van der Waals surface area contributed by atoms with Crippen molar-refractivity contribution in [2.75, 3.05) is 27.2 Å². The Morgan fingerprint density at radius 1 is 0.885 bits per heavy atom. The molecule has 0 unspecified atom stereocenters. The molecule has 2 N–H and O–H groups in total. The zero-order chi connectivity index (χ0) is 17.2. The fourth-order valence-corrected chi connectivity index (χ4v) is 2.41. The minimum Gasteiger partial charge on any atom is -0.493 e. The molecule has 0 aromatic heterocycles. The lowest BCUT2D eigenvalue weighted by atomic mass is 10.1. The number of ether oxygens (including phenoxy) is 2. The molecule has 6 heteroatoms. The van der Waals surface area contributed by atoms with Crippen LogP contribution in [0.2, 0.25) is 0 Å². The van der Waals surface area contributed by atoms with Gasteiger partial charge in [-0.3, -0.25) is 0 Å². The number of rotatable bonds is 10. The number of benzene rings is 2. The zero-order valence-electron chi connectivity index (χ0n) is 15.7. The summed E-state index contributed by atoms with van der Waals surface area (Å²) in [4.78, 5) is 0. The molecule has 0 aliphatic carbocycles. The lowest BCUT2D eigenvalue weighted by Gasteiger charge is -2.13. The normalized spacial score (nSPS) is 9.81. The summed E-state index contributed by atoms with van der Waals surface area (Å²) < 4.78 is 11.4. The minimum atomic E-state index is 0. The zero-order valence-corrected chi connectivity index (χ0v) is 17.3. The molecule has 0 radical (unpaired) electrons. The third kappa shape index (κ3) is 8.28. The molecule has 0 spiro atoms. The van der Waals surface area contributed by atoms with E-state index in [0.29, 0.717) is 6.61 Å². The van der Waals surface area contributed by atoms with Gasteiger partial charge in [-0.2, -0.15) is 0 Å². The van der Waals surface area contributed by atoms with E-state index in [1.165, 1.54) is 11.1 Å². The summed E-state index contributed by atoms with van der Waals surface area (Å²) in [6.07, 6.45) is 1.12. The first-order valence-electron chi connectivity index (χ1n) is 8.43. The van der Waals surface area contributed by atoms with Crippen LogP contribution in [0.4, 0.5) is 0 Å². The van der Waals surface area contributed by atoms with Crippen molar-refractivity contribution in [3.63, 3.8) is 0 Å². The molecular weight excluding hydrogens is 371 g/mol. The maximum absolute atomic E-state index is 5.91. The van der Waals surface area contributed by atoms with Crippen molar-refractivity contribution in [2.45, 2.75) is 26.5 Å². The van der Waals surface area contributed by atoms with E-state index in [0.717, 1.165) is 43.1 Å². The number of aryl methyl sites for hydroxylation is 1. The number of hydrogen-bond acceptors (Lipinski definition) is 4. The van der Waals surface area contributed by atoms with Gasteiger partial charge in [-0.15, -0.1) is 24.8 Å². The third-order valence-electron chi connectivity index (χ3n) is 3.85. The van der Waals surface area contributed by atoms with E-state index in [1.807, 2.05) is 19.2 Å². The highest BCUT2D eigenvalue weighted by atomic mass is 35.5. The Balaban J connectivity index is 0.00000312. The number of nitrogens with one attached hydrogen (secondary N) is 2. The van der Waals surface area contributed by atoms with Crippen LogP contribution in [0.15, 0.2) is 42.5 Å². The summed E-state index contributed by atoms with van der Waals surface area (Å²) in [5.74, 6) is 1.55. The van der Waals surface area contributed by atoms with Crippen molar-refractivity contribution in [1.29, 1.82) is 0 Å². The average Bonchev–Trinajstić information content (AvgIpc) is 2.61. The molecule has 2 aromatic carbocycles. The smallest absolute Gasteiger partial charge is 0.161 e. The van der Waals surface area contributed by atoms with E-state index >= 15 is 0 Å². The van der Waals surface area contributed by atoms with Crippen molar-refractivity contribution in [3.8, 4) is 11.5 Å². The fraction of sp³-hybridized carbons (Fsp3) is 0.400. The molecule has 0 aliphatic rings. The number of halogens is 2. The van der Waals surface area contributed by atoms with Gasteiger partial charge >= 0.3 is 0 Å². The predicted molar refractivity (Wildman–Crippen MR) is 113 cm³/mol. The summed E-state index contributed by atoms with van der Waals surface area (Å²) in [6.45, 7) is 5.48. The van der Waals surface area contributed by atoms with Gasteiger partial charge < -0.3 is 20.1 Å². The SMILES string of the molecule is CNCCCNCc1ccc(OCc2ccc(C)cc2)c(OC)c1.Cl.Cl. The second-order valence-corrected chi connectivity index (χ2v) is 5.89. The van der Waals surface area contributed by atoms with Crippen molar-refractivity contribution < 1.29 is 9.47 Å². The molecule has 0 fully saturated rings. The van der Waals surface area contributed by atoms with Crippen LogP contribution in [0.1, 0.15) is 23.1 Å². The molecule has 0 bridgehead atoms. The van der Waals surface area contributed by atoms with Crippen LogP contribution in [0.25, 0.3) is 0 Å². The van der Waals surface area contributed by atoms with Crippen molar-refractivity contribution in [1.82, 2.24) is 10.6 Å². The standard InChI is InChI=1S/C20H28N2O2.2ClH/c1-16-5-7-17(8-6-16)15-24-19-10-9-18(13-20(19)23-3)14-22-12-4-11-21-2;;/h5-10,13,21-22H,4,11-12,14-15H2,1-3H3;2*1H. The highest BCUT2D eigenvalue weighted by Gasteiger charge is 2.06. The second-order valence-electron chi connectivity index (χ2n) is 5.89. The maximum Gasteiger partial charge on any atom is 0.161 e. The largest absolute Gasteiger partial charge is 0.493 e. The topological polar surface area (TPSA) is 42.5 Å². The van der Waals surface area contributed by atoms with Crippen LogP contribution in [-0.4, -0.2) is 27.2 Å². The van der Waals surface area contributed by atoms with Crippen LogP contribution in [0.3, 0.4) is 0 Å². The number of hydrogen-bond donors (Lipinski definition) is 2. The first-order chi connectivity index (χ1) is 11.7. The summed E-state index contributed by atoms with van der Waals surface area (Å²) in [7, 11) is 3.65. The summed E-state index contributed by atoms with van der Waals surface area (Å²) in [5.41, 5.74) is 3.60. The Hall–Kier alpha value is -1.46. The van der Waals surface area contributed by atoms with E-state index in [9.17, 15) is 0 Å². The quantitative estimate of drug-likeness (QED) is 0.588. The van der Waals surface area contributed by atoms with Crippen LogP contribution >= 0.6 is 24.8 Å². The maximum atomic E-state index is 5.91. The highest BCUT2D eigenvalue weighted by molar-refractivity contribution is 5.85. The summed E-state index contributed by atoms with van der Waals surface area (Å²) in [6, 6.07) is 14.5. The van der Waals surface area contributed by atoms with Gasteiger partial charge in [0.15, 0.2) is 11.5 Å². The fourth-order valence-electron chi connectivity index (χ4n) is 2.41. The summed E-state index contributed by atoms with van der Waals surface area (Å²) in [5, 5.41) is 6.58. The van der Waals surface area contributed by atoms with Crippen LogP contribution in [0.5, 0.6) is 11.5 Å². The van der Waals surface area contributed by atoms with Gasteiger partial charge in [-0.1, -0.05) is 35.9 Å². The van der Waals surface area contributed by atoms with Crippen LogP contribution in [-0.2, 0) is 13.2 Å². The molecule has 0 saturated heterocycles. The Kier molecular flexibility index (Phi) is 12.9. The lowest BCUT2D eigenvalue weighted by molar-refractivity contribution is 0.284. The van der Waals surface area contributed by atoms with Gasteiger partial charge in [0.1, 0.15) is 6.61 Å². The van der Waals surface area contributed by atoms with Gasteiger partial charge in [0, 0.05) is 6.54 Å². The molecule has 26 heavy (non-hydrogen) atoms. The van der Waals surface area contributed by atoms with Gasteiger partial charge in [0.05, 0.1) is 7.11 Å². The Labute approximate surface area is 169 Å². The molecule has 0 saturated carbocycles. The molecule has 4 nitrogen and oxygen atoms in total. The second kappa shape index (κ2) is 13.7. The van der Waals surface area contributed by atoms with E-state index < -0.39 is 0 Å². The molecule has 0 amide bonds. The minimum absolute atomic E-state index is 0. The molecule has 146 valence electrons. The molecule has 0 heterocycles. The van der Waals surface area contributed by atoms with Gasteiger partial charge in [-0.25, -0.2) is 0 Å². The van der Waals surface area contributed by atoms with Gasteiger partial charge in [0.2, 0.25) is 0 Å². The predicted octanol–water partition coefficient (Wildman–Crippen LogP) is 4.13. The van der Waals surface area contributed by atoms with E-state index in [1.54, 1.807) is 7.11 Å². The molecular formula is C20H30Cl2N2O2. The molecule has 2 aromatic rings. The first-order valence-corrected chi connectivity index (χ1v) is 8.43. The van der Waals surface area contributed by atoms with Gasteiger partial charge in [-0.05, 0) is 56.7 Å². The van der Waals surface area contributed by atoms with Crippen LogP contribution in [0, 0.1) is 6.92 Å². The summed E-state index contributed by atoms with van der Waals surface area (Å²) >= 11 is 0. The van der Waals surface area contributed by atoms with Gasteiger partial charge in [0.25, 0.3) is 0 Å². The first kappa shape index (κ1) is 24.5. The average molecular weight is 401 g/mol. The molecule has 0 aliphatic heterocycles. The lowest BCUT2D eigenvalue weighted by Crippen LogP contribution is -2.19. The number of methoxy groups -OCH3 is 1. The van der Waals surface area contributed by atoms with E-state index in [-0.39, 0.29) is 24.8 Å². The third-order valence-corrected chi connectivity index (χ3v) is 3.85. The molecule has 2 rings (SSSR count). The molecule has 0 atom stereocenters. The van der Waals surface area contributed by atoms with Crippen molar-refractivity contribution in [3.05, 3.63) is 59.2 Å². The van der Waals surface area contributed by atoms with E-state index in [2.05, 4.69) is 47.9 Å². The Morgan fingerprint density at radius 2 is 1.58 bits per heavy atom. The van der Waals surface area contributed by atoms with Crippen LogP contribution < -0.4 is 20.1 Å². The van der Waals surface area contributed by atoms with Crippen molar-refractivity contribution >= 4 is 24.8 Å². The monoisotopic (exact) mass is 400 g/mol. The van der Waals surface area contributed by atoms with E-state index in [4.69, 9.17) is 9.47 Å². The Morgan fingerprint density at radius 3 is 2.23 bits per heavy atom. The Bertz CT molecular complexity index is 622. The highest BCUT2D eigenvalue weighted by Crippen LogP contribution is 2.28.